The maximum Gasteiger partial charge on any atom is 0.416 e. The number of unbranched alkanes of at least 4 members (excludes halogenated alkanes) is 1. The van der Waals surface area contributed by atoms with Crippen molar-refractivity contribution in [2.75, 3.05) is 44.2 Å². The van der Waals surface area contributed by atoms with Crippen LogP contribution < -0.4 is 15.0 Å². The zero-order valence-corrected chi connectivity index (χ0v) is 24.8. The second-order valence-corrected chi connectivity index (χ2v) is 11.7. The normalized spacial score (nSPS) is 16.4. The summed E-state index contributed by atoms with van der Waals surface area (Å²) in [4.78, 5) is 22.7. The molecule has 1 aromatic heterocycles. The topological polar surface area (TPSA) is 57.7 Å². The second kappa shape index (κ2) is 12.5. The van der Waals surface area contributed by atoms with Crippen LogP contribution in [0.5, 0.6) is 11.5 Å². The molecule has 46 heavy (non-hydrogen) atoms. The van der Waals surface area contributed by atoms with Crippen LogP contribution in [0.25, 0.3) is 10.9 Å². The maximum absolute atomic E-state index is 13.8. The zero-order chi connectivity index (χ0) is 32.5. The Morgan fingerprint density at radius 1 is 0.826 bits per heavy atom. The van der Waals surface area contributed by atoms with Gasteiger partial charge in [-0.25, -0.2) is 4.98 Å². The fourth-order valence-electron chi connectivity index (χ4n) is 6.43. The summed E-state index contributed by atoms with van der Waals surface area (Å²) in [6, 6.07) is 20.9. The Kier molecular flexibility index (Phi) is 8.58. The summed E-state index contributed by atoms with van der Waals surface area (Å²) in [5, 5.41) is 2.58. The average Bonchev–Trinajstić information content (AvgIpc) is 3.04. The Hall–Kier alpha value is -4.32. The van der Waals surface area contributed by atoms with Crippen molar-refractivity contribution in [2.45, 2.75) is 37.0 Å². The molecule has 3 heterocycles. The van der Waals surface area contributed by atoms with Gasteiger partial charge in [0, 0.05) is 42.7 Å². The van der Waals surface area contributed by atoms with Crippen molar-refractivity contribution in [3.63, 3.8) is 0 Å². The molecule has 0 atom stereocenters. The van der Waals surface area contributed by atoms with E-state index in [4.69, 9.17) is 4.74 Å². The van der Waals surface area contributed by atoms with Crippen LogP contribution in [0.4, 0.5) is 32.2 Å². The van der Waals surface area contributed by atoms with Crippen LogP contribution in [0.15, 0.2) is 78.9 Å². The number of fused-ring (bicyclic) bond motifs is 3. The minimum Gasteiger partial charge on any atom is -0.457 e. The lowest BCUT2D eigenvalue weighted by Gasteiger charge is -2.39. The van der Waals surface area contributed by atoms with Gasteiger partial charge < -0.3 is 15.0 Å². The molecular formula is C34H32F6N4O2. The molecule has 0 saturated carbocycles. The van der Waals surface area contributed by atoms with Gasteiger partial charge in [-0.05, 0) is 61.9 Å². The summed E-state index contributed by atoms with van der Waals surface area (Å²) >= 11 is 0. The highest BCUT2D eigenvalue weighted by Gasteiger charge is 2.48. The smallest absolute Gasteiger partial charge is 0.416 e. The van der Waals surface area contributed by atoms with Crippen molar-refractivity contribution in [2.24, 2.45) is 0 Å². The molecule has 2 aliphatic heterocycles. The number of anilines is 1. The van der Waals surface area contributed by atoms with Gasteiger partial charge in [-0.1, -0.05) is 42.8 Å². The number of rotatable bonds is 8. The number of carbonyl (C=O) groups is 1. The van der Waals surface area contributed by atoms with E-state index >= 15 is 0 Å². The highest BCUT2D eigenvalue weighted by molar-refractivity contribution is 5.94. The van der Waals surface area contributed by atoms with Crippen molar-refractivity contribution in [1.82, 2.24) is 15.2 Å². The zero-order valence-electron chi connectivity index (χ0n) is 24.8. The van der Waals surface area contributed by atoms with E-state index < -0.39 is 35.8 Å². The van der Waals surface area contributed by atoms with Crippen LogP contribution in [-0.2, 0) is 16.4 Å². The minimum absolute atomic E-state index is 0.297. The molecule has 6 nitrogen and oxygen atoms in total. The van der Waals surface area contributed by atoms with Gasteiger partial charge in [-0.3, -0.25) is 9.69 Å². The monoisotopic (exact) mass is 642 g/mol. The Morgan fingerprint density at radius 3 is 2.11 bits per heavy atom. The van der Waals surface area contributed by atoms with Crippen molar-refractivity contribution in [1.29, 1.82) is 0 Å². The predicted octanol–water partition coefficient (Wildman–Crippen LogP) is 7.32. The Morgan fingerprint density at radius 2 is 1.48 bits per heavy atom. The van der Waals surface area contributed by atoms with E-state index in [-0.39, 0.29) is 0 Å². The lowest BCUT2D eigenvalue weighted by molar-refractivity contribution is -0.141. The van der Waals surface area contributed by atoms with E-state index in [1.807, 2.05) is 0 Å². The molecule has 0 bridgehead atoms. The maximum atomic E-state index is 13.8. The Bertz CT molecular complexity index is 1670. The first-order valence-electron chi connectivity index (χ1n) is 15.1. The number of nitrogens with one attached hydrogen (secondary N) is 1. The first-order chi connectivity index (χ1) is 21.9. The molecule has 3 aromatic carbocycles. The third-order valence-electron chi connectivity index (χ3n) is 8.72. The third kappa shape index (κ3) is 6.48. The van der Waals surface area contributed by atoms with Gasteiger partial charge in [0.05, 0.1) is 11.1 Å². The molecule has 0 radical (unpaired) electrons. The van der Waals surface area contributed by atoms with Crippen LogP contribution in [0.3, 0.4) is 0 Å². The first-order valence-corrected chi connectivity index (χ1v) is 15.1. The van der Waals surface area contributed by atoms with Gasteiger partial charge in [0.2, 0.25) is 5.91 Å². The lowest BCUT2D eigenvalue weighted by atomic mass is 9.68. The number of hydrogen-bond donors (Lipinski definition) is 1. The molecule has 0 aliphatic carbocycles. The number of halogens is 6. The number of benzene rings is 3. The van der Waals surface area contributed by atoms with E-state index in [0.717, 1.165) is 38.2 Å². The number of carbonyl (C=O) groups excluding carboxylic acids is 1. The molecule has 4 aromatic rings. The molecule has 12 heteroatoms. The van der Waals surface area contributed by atoms with Gasteiger partial charge in [-0.15, -0.1) is 0 Å². The van der Waals surface area contributed by atoms with E-state index in [1.54, 1.807) is 60.7 Å². The number of pyridine rings is 1. The molecule has 2 aliphatic rings. The van der Waals surface area contributed by atoms with Gasteiger partial charge in [0.25, 0.3) is 0 Å². The molecule has 0 spiro atoms. The van der Waals surface area contributed by atoms with E-state index in [2.05, 4.69) is 20.1 Å². The molecule has 1 amide bonds. The summed E-state index contributed by atoms with van der Waals surface area (Å²) in [5.41, 5.74) is -0.476. The van der Waals surface area contributed by atoms with Crippen molar-refractivity contribution in [3.05, 3.63) is 95.6 Å². The van der Waals surface area contributed by atoms with Crippen molar-refractivity contribution >= 4 is 22.6 Å². The van der Waals surface area contributed by atoms with E-state index in [1.165, 1.54) is 6.07 Å². The third-order valence-corrected chi connectivity index (χ3v) is 8.72. The quantitative estimate of drug-likeness (QED) is 0.161. The standard InChI is InChI=1S/C34H32F6N4O2/c35-33(36,37)22-41-31(45)32(25-7-1-3-9-28(25)46-29-10-4-2-8-26(29)32)15-5-6-16-43-17-19-44(20-18-43)30-14-11-23-21-24(34(38,39)40)12-13-27(23)42-30/h1-4,7-14,21H,5-6,15-20,22H2,(H,41,45). The largest absolute Gasteiger partial charge is 0.457 e. The number of para-hydroxylation sites is 2. The average molecular weight is 643 g/mol. The van der Waals surface area contributed by atoms with Gasteiger partial charge in [0.15, 0.2) is 0 Å². The molecule has 6 rings (SSSR count). The Labute approximate surface area is 262 Å². The van der Waals surface area contributed by atoms with E-state index in [0.29, 0.717) is 65.3 Å². The fourth-order valence-corrected chi connectivity index (χ4v) is 6.43. The van der Waals surface area contributed by atoms with Crippen LogP contribution in [0.2, 0.25) is 0 Å². The summed E-state index contributed by atoms with van der Waals surface area (Å²) < 4.78 is 84.8. The van der Waals surface area contributed by atoms with Gasteiger partial charge in [0.1, 0.15) is 29.3 Å². The van der Waals surface area contributed by atoms with Crippen LogP contribution in [0, 0.1) is 0 Å². The number of piperazine rings is 1. The van der Waals surface area contributed by atoms with Gasteiger partial charge >= 0.3 is 12.4 Å². The predicted molar refractivity (Wildman–Crippen MR) is 162 cm³/mol. The second-order valence-electron chi connectivity index (χ2n) is 11.7. The van der Waals surface area contributed by atoms with Crippen LogP contribution in [-0.4, -0.2) is 61.2 Å². The number of amides is 1. The lowest BCUT2D eigenvalue weighted by Crippen LogP contribution is -2.49. The van der Waals surface area contributed by atoms with E-state index in [9.17, 15) is 31.1 Å². The summed E-state index contributed by atoms with van der Waals surface area (Å²) in [5.74, 6) is 0.889. The molecule has 1 saturated heterocycles. The van der Waals surface area contributed by atoms with Crippen molar-refractivity contribution < 1.29 is 35.9 Å². The number of aromatic nitrogens is 1. The highest BCUT2D eigenvalue weighted by Crippen LogP contribution is 2.50. The molecular weight excluding hydrogens is 610 g/mol. The Balaban J connectivity index is 1.11. The van der Waals surface area contributed by atoms with Crippen molar-refractivity contribution in [3.8, 4) is 11.5 Å². The number of alkyl halides is 6. The summed E-state index contributed by atoms with van der Waals surface area (Å²) in [6.45, 7) is 2.15. The molecule has 1 N–H and O–H groups in total. The number of nitrogens with zero attached hydrogens (tertiary/aromatic N) is 3. The highest BCUT2D eigenvalue weighted by atomic mass is 19.4. The molecule has 1 fully saturated rings. The van der Waals surface area contributed by atoms with Gasteiger partial charge in [-0.2, -0.15) is 26.3 Å². The number of hydrogen-bond acceptors (Lipinski definition) is 5. The summed E-state index contributed by atoms with van der Waals surface area (Å²) in [6.07, 6.45) is -7.37. The SMILES string of the molecule is O=C(NCC(F)(F)F)C1(CCCCN2CCN(c3ccc4cc(C(F)(F)F)ccc4n3)CC2)c2ccccc2Oc2ccccc21. The van der Waals surface area contributed by atoms with Crippen LogP contribution in [0.1, 0.15) is 36.0 Å². The summed E-state index contributed by atoms with van der Waals surface area (Å²) in [7, 11) is 0. The fraction of sp³-hybridized carbons (Fsp3) is 0.353. The molecule has 242 valence electrons. The minimum atomic E-state index is -4.55. The number of ether oxygens (including phenoxy) is 1. The van der Waals surface area contributed by atoms with Crippen LogP contribution >= 0.6 is 0 Å². The first kappa shape index (κ1) is 31.7. The molecule has 0 unspecified atom stereocenters.